The Bertz CT molecular complexity index is 927. The average Bonchev–Trinajstić information content (AvgIpc) is 2.72. The number of benzene rings is 1. The summed E-state index contributed by atoms with van der Waals surface area (Å²) in [6.07, 6.45) is 4.15. The molecule has 144 valence electrons. The quantitative estimate of drug-likeness (QED) is 0.587. The summed E-state index contributed by atoms with van der Waals surface area (Å²) in [4.78, 5) is 23.7. The Balaban J connectivity index is 1.93. The molecular formula is C22H25N5O. The highest BCUT2D eigenvalue weighted by Gasteiger charge is 2.20. The number of nitrogen functional groups attached to an aromatic ring is 1. The van der Waals surface area contributed by atoms with Crippen molar-refractivity contribution in [1.82, 2.24) is 14.9 Å². The number of nitrogens with two attached hydrogens (primary N) is 1. The van der Waals surface area contributed by atoms with E-state index in [1.165, 1.54) is 0 Å². The number of hydrogen-bond acceptors (Lipinski definition) is 6. The van der Waals surface area contributed by atoms with Crippen molar-refractivity contribution in [2.45, 2.75) is 12.5 Å². The second kappa shape index (κ2) is 9.10. The first-order chi connectivity index (χ1) is 13.6. The summed E-state index contributed by atoms with van der Waals surface area (Å²) < 4.78 is 0. The van der Waals surface area contributed by atoms with Gasteiger partial charge in [-0.3, -0.25) is 14.8 Å². The largest absolute Gasteiger partial charge is 0.397 e. The zero-order chi connectivity index (χ0) is 19.9. The summed E-state index contributed by atoms with van der Waals surface area (Å²) >= 11 is 0. The van der Waals surface area contributed by atoms with Crippen molar-refractivity contribution < 1.29 is 4.79 Å². The van der Waals surface area contributed by atoms with Gasteiger partial charge in [0.1, 0.15) is 5.69 Å². The fourth-order valence-electron chi connectivity index (χ4n) is 3.02. The summed E-state index contributed by atoms with van der Waals surface area (Å²) in [5.74, 6) is -0.121. The van der Waals surface area contributed by atoms with Crippen LogP contribution in [0.25, 0.3) is 0 Å². The number of hydrogen-bond donors (Lipinski definition) is 2. The number of para-hydroxylation sites is 1. The molecule has 6 nitrogen and oxygen atoms in total. The Labute approximate surface area is 165 Å². The number of carbonyl (C=O) groups excluding carboxylic acids is 1. The Morgan fingerprint density at radius 3 is 2.50 bits per heavy atom. The van der Waals surface area contributed by atoms with E-state index in [1.54, 1.807) is 24.5 Å². The highest BCUT2D eigenvalue weighted by molar-refractivity contribution is 6.11. The summed E-state index contributed by atoms with van der Waals surface area (Å²) in [6, 6.07) is 16.3. The third-order valence-corrected chi connectivity index (χ3v) is 4.47. The fourth-order valence-corrected chi connectivity index (χ4v) is 3.02. The van der Waals surface area contributed by atoms with Gasteiger partial charge in [0.2, 0.25) is 5.78 Å². The minimum atomic E-state index is -0.124. The van der Waals surface area contributed by atoms with Crippen molar-refractivity contribution in [3.63, 3.8) is 0 Å². The highest BCUT2D eigenvalue weighted by Crippen LogP contribution is 2.28. The van der Waals surface area contributed by atoms with Crippen LogP contribution in [0.15, 0.2) is 67.0 Å². The lowest BCUT2D eigenvalue weighted by molar-refractivity contribution is 0.103. The lowest BCUT2D eigenvalue weighted by atomic mass is 10.0. The Kier molecular flexibility index (Phi) is 6.34. The van der Waals surface area contributed by atoms with E-state index in [1.807, 2.05) is 56.6 Å². The number of ketones is 1. The number of pyridine rings is 2. The minimum absolute atomic E-state index is 0.121. The molecule has 0 fully saturated rings. The molecule has 3 rings (SSSR count). The van der Waals surface area contributed by atoms with Gasteiger partial charge in [0, 0.05) is 23.6 Å². The van der Waals surface area contributed by atoms with Crippen LogP contribution in [0.5, 0.6) is 0 Å². The van der Waals surface area contributed by atoms with Crippen LogP contribution in [0, 0.1) is 0 Å². The van der Waals surface area contributed by atoms with E-state index >= 15 is 0 Å². The normalized spacial score (nSPS) is 12.0. The summed E-state index contributed by atoms with van der Waals surface area (Å²) in [5, 5.41) is 3.49. The predicted octanol–water partition coefficient (Wildman–Crippen LogP) is 3.39. The first-order valence-corrected chi connectivity index (χ1v) is 9.22. The molecule has 0 amide bonds. The number of carbonyl (C=O) groups is 1. The topological polar surface area (TPSA) is 84.1 Å². The van der Waals surface area contributed by atoms with Crippen LogP contribution in [0.4, 0.5) is 11.4 Å². The molecule has 0 saturated carbocycles. The zero-order valence-corrected chi connectivity index (χ0v) is 16.2. The van der Waals surface area contributed by atoms with Crippen LogP contribution < -0.4 is 11.1 Å². The van der Waals surface area contributed by atoms with Gasteiger partial charge in [0.15, 0.2) is 0 Å². The molecular weight excluding hydrogens is 350 g/mol. The smallest absolute Gasteiger partial charge is 0.213 e. The SMILES string of the molecule is CN(C)CCC(Nc1ccccc1C(=O)c1ccccn1)c1ncccc1N. The third-order valence-electron chi connectivity index (χ3n) is 4.47. The van der Waals surface area contributed by atoms with Gasteiger partial charge in [0.05, 0.1) is 17.4 Å². The molecule has 3 N–H and O–H groups in total. The van der Waals surface area contributed by atoms with Gasteiger partial charge in [-0.15, -0.1) is 0 Å². The van der Waals surface area contributed by atoms with Crippen molar-refractivity contribution in [2.24, 2.45) is 0 Å². The Morgan fingerprint density at radius 2 is 1.79 bits per heavy atom. The van der Waals surface area contributed by atoms with Gasteiger partial charge < -0.3 is 16.0 Å². The maximum Gasteiger partial charge on any atom is 0.213 e. The van der Waals surface area contributed by atoms with Crippen LogP contribution in [0.1, 0.15) is 34.2 Å². The molecule has 1 unspecified atom stereocenters. The monoisotopic (exact) mass is 375 g/mol. The second-order valence-corrected chi connectivity index (χ2v) is 6.86. The van der Waals surface area contributed by atoms with Gasteiger partial charge in [-0.1, -0.05) is 18.2 Å². The standard InChI is InChI=1S/C22H25N5O/c1-27(2)15-12-19(21-17(23)9-7-14-25-21)26-18-10-4-3-8-16(18)22(28)20-11-5-6-13-24-20/h3-11,13-14,19,26H,12,15,23H2,1-2H3. The number of rotatable bonds is 8. The van der Waals surface area contributed by atoms with E-state index in [2.05, 4.69) is 20.2 Å². The molecule has 0 spiro atoms. The number of nitrogens with zero attached hydrogens (tertiary/aromatic N) is 3. The predicted molar refractivity (Wildman–Crippen MR) is 112 cm³/mol. The van der Waals surface area contributed by atoms with Gasteiger partial charge in [-0.2, -0.15) is 0 Å². The van der Waals surface area contributed by atoms with E-state index in [-0.39, 0.29) is 11.8 Å². The van der Waals surface area contributed by atoms with Crippen LogP contribution in [-0.4, -0.2) is 41.3 Å². The number of aromatic nitrogens is 2. The van der Waals surface area contributed by atoms with E-state index in [0.29, 0.717) is 16.9 Å². The summed E-state index contributed by atoms with van der Waals surface area (Å²) in [6.45, 7) is 0.851. The van der Waals surface area contributed by atoms with Crippen molar-refractivity contribution in [2.75, 3.05) is 31.7 Å². The maximum atomic E-state index is 13.0. The summed E-state index contributed by atoms with van der Waals surface area (Å²) in [5.41, 5.74) is 9.32. The number of nitrogens with one attached hydrogen (secondary N) is 1. The molecule has 0 radical (unpaired) electrons. The first-order valence-electron chi connectivity index (χ1n) is 9.22. The average molecular weight is 375 g/mol. The molecule has 1 atom stereocenters. The molecule has 6 heteroatoms. The Morgan fingerprint density at radius 1 is 1.04 bits per heavy atom. The van der Waals surface area contributed by atoms with E-state index in [9.17, 15) is 4.79 Å². The first kappa shape index (κ1) is 19.5. The molecule has 0 aliphatic carbocycles. The lowest BCUT2D eigenvalue weighted by Gasteiger charge is -2.23. The summed E-state index contributed by atoms with van der Waals surface area (Å²) in [7, 11) is 4.05. The van der Waals surface area contributed by atoms with Gasteiger partial charge in [-0.25, -0.2) is 0 Å². The molecule has 0 aliphatic rings. The number of anilines is 2. The molecule has 1 aromatic carbocycles. The van der Waals surface area contributed by atoms with Crippen LogP contribution >= 0.6 is 0 Å². The van der Waals surface area contributed by atoms with Crippen molar-refractivity contribution >= 4 is 17.2 Å². The second-order valence-electron chi connectivity index (χ2n) is 6.86. The van der Waals surface area contributed by atoms with Gasteiger partial charge in [-0.05, 0) is 63.5 Å². The van der Waals surface area contributed by atoms with E-state index < -0.39 is 0 Å². The zero-order valence-electron chi connectivity index (χ0n) is 16.2. The molecule has 3 aromatic rings. The lowest BCUT2D eigenvalue weighted by Crippen LogP contribution is -2.22. The van der Waals surface area contributed by atoms with Crippen LogP contribution in [0.2, 0.25) is 0 Å². The molecule has 0 bridgehead atoms. The van der Waals surface area contributed by atoms with Crippen LogP contribution in [0.3, 0.4) is 0 Å². The van der Waals surface area contributed by atoms with Crippen molar-refractivity contribution in [1.29, 1.82) is 0 Å². The Hall–Kier alpha value is -3.25. The van der Waals surface area contributed by atoms with Crippen LogP contribution in [-0.2, 0) is 0 Å². The fraction of sp³-hybridized carbons (Fsp3) is 0.227. The van der Waals surface area contributed by atoms with Gasteiger partial charge >= 0.3 is 0 Å². The molecule has 28 heavy (non-hydrogen) atoms. The third kappa shape index (κ3) is 4.72. The molecule has 0 saturated heterocycles. The maximum absolute atomic E-state index is 13.0. The molecule has 0 aliphatic heterocycles. The van der Waals surface area contributed by atoms with E-state index in [4.69, 9.17) is 5.73 Å². The molecule has 2 aromatic heterocycles. The highest BCUT2D eigenvalue weighted by atomic mass is 16.1. The van der Waals surface area contributed by atoms with Crippen molar-refractivity contribution in [3.8, 4) is 0 Å². The van der Waals surface area contributed by atoms with Gasteiger partial charge in [0.25, 0.3) is 0 Å². The molecule has 2 heterocycles. The minimum Gasteiger partial charge on any atom is -0.397 e. The van der Waals surface area contributed by atoms with Crippen molar-refractivity contribution in [3.05, 3.63) is 83.9 Å². The van der Waals surface area contributed by atoms with E-state index in [0.717, 1.165) is 24.3 Å².